The van der Waals surface area contributed by atoms with E-state index in [-0.39, 0.29) is 0 Å². The van der Waals surface area contributed by atoms with Gasteiger partial charge in [-0.2, -0.15) is 5.10 Å². The van der Waals surface area contributed by atoms with E-state index in [9.17, 15) is 0 Å². The zero-order chi connectivity index (χ0) is 11.3. The summed E-state index contributed by atoms with van der Waals surface area (Å²) in [5, 5.41) is 4.52. The van der Waals surface area contributed by atoms with Crippen molar-refractivity contribution in [2.24, 2.45) is 5.73 Å². The molecule has 2 N–H and O–H groups in total. The summed E-state index contributed by atoms with van der Waals surface area (Å²) in [6.07, 6.45) is 6.33. The van der Waals surface area contributed by atoms with Crippen molar-refractivity contribution in [1.29, 1.82) is 0 Å². The minimum absolute atomic E-state index is 0.519. The number of aromatic nitrogens is 2. The van der Waals surface area contributed by atoms with Gasteiger partial charge in [0.15, 0.2) is 0 Å². The molecule has 1 aromatic rings. The standard InChI is InChI=1S/C12H21N3/c1-4-12(5-2)15-7-6-11(14-15)8-10(3)9-13/h6-8,12H,4-5,9,13H2,1-3H3/b10-8-. The van der Waals surface area contributed by atoms with Gasteiger partial charge in [-0.15, -0.1) is 0 Å². The van der Waals surface area contributed by atoms with Crippen molar-refractivity contribution in [2.75, 3.05) is 6.54 Å². The lowest BCUT2D eigenvalue weighted by atomic mass is 10.2. The molecule has 0 aliphatic carbocycles. The van der Waals surface area contributed by atoms with Gasteiger partial charge in [0, 0.05) is 12.7 Å². The minimum Gasteiger partial charge on any atom is -0.327 e. The summed E-state index contributed by atoms with van der Waals surface area (Å²) >= 11 is 0. The molecule has 1 aromatic heterocycles. The van der Waals surface area contributed by atoms with Crippen molar-refractivity contribution in [1.82, 2.24) is 9.78 Å². The number of rotatable bonds is 5. The SMILES string of the molecule is CCC(CC)n1ccc(/C=C(/C)CN)n1. The van der Waals surface area contributed by atoms with Crippen molar-refractivity contribution in [3.8, 4) is 0 Å². The van der Waals surface area contributed by atoms with E-state index < -0.39 is 0 Å². The quantitative estimate of drug-likeness (QED) is 0.806. The predicted molar refractivity (Wildman–Crippen MR) is 64.6 cm³/mol. The zero-order valence-corrected chi connectivity index (χ0v) is 9.90. The van der Waals surface area contributed by atoms with E-state index in [1.54, 1.807) is 0 Å². The summed E-state index contributed by atoms with van der Waals surface area (Å²) in [5.74, 6) is 0. The second-order valence-corrected chi connectivity index (χ2v) is 3.89. The molecule has 0 aliphatic heterocycles. The van der Waals surface area contributed by atoms with E-state index in [1.165, 1.54) is 0 Å². The first-order valence-corrected chi connectivity index (χ1v) is 5.63. The van der Waals surface area contributed by atoms with Crippen LogP contribution in [-0.2, 0) is 0 Å². The van der Waals surface area contributed by atoms with E-state index >= 15 is 0 Å². The highest BCUT2D eigenvalue weighted by atomic mass is 15.3. The molecule has 0 unspecified atom stereocenters. The number of nitrogens with two attached hydrogens (primary N) is 1. The number of nitrogens with zero attached hydrogens (tertiary/aromatic N) is 2. The van der Waals surface area contributed by atoms with Crippen LogP contribution in [0.15, 0.2) is 17.8 Å². The van der Waals surface area contributed by atoms with Gasteiger partial charge < -0.3 is 5.73 Å². The smallest absolute Gasteiger partial charge is 0.0850 e. The average Bonchev–Trinajstić information content (AvgIpc) is 2.68. The lowest BCUT2D eigenvalue weighted by molar-refractivity contribution is 0.428. The highest BCUT2D eigenvalue weighted by Gasteiger charge is 2.06. The highest BCUT2D eigenvalue weighted by Crippen LogP contribution is 2.15. The van der Waals surface area contributed by atoms with Crippen LogP contribution in [0.4, 0.5) is 0 Å². The third-order valence-corrected chi connectivity index (χ3v) is 2.66. The fourth-order valence-electron chi connectivity index (χ4n) is 1.61. The average molecular weight is 207 g/mol. The molecular weight excluding hydrogens is 186 g/mol. The van der Waals surface area contributed by atoms with Crippen LogP contribution in [0.3, 0.4) is 0 Å². The summed E-state index contributed by atoms with van der Waals surface area (Å²) in [6.45, 7) is 7.00. The molecule has 0 saturated carbocycles. The Morgan fingerprint density at radius 1 is 1.53 bits per heavy atom. The number of hydrogen-bond donors (Lipinski definition) is 1. The molecule has 15 heavy (non-hydrogen) atoms. The largest absolute Gasteiger partial charge is 0.327 e. The second kappa shape index (κ2) is 5.71. The summed E-state index contributed by atoms with van der Waals surface area (Å²) in [4.78, 5) is 0. The summed E-state index contributed by atoms with van der Waals surface area (Å²) < 4.78 is 2.05. The van der Waals surface area contributed by atoms with E-state index in [0.29, 0.717) is 12.6 Å². The van der Waals surface area contributed by atoms with Crippen LogP contribution in [-0.4, -0.2) is 16.3 Å². The molecule has 0 spiro atoms. The topological polar surface area (TPSA) is 43.8 Å². The van der Waals surface area contributed by atoms with Gasteiger partial charge in [0.25, 0.3) is 0 Å². The van der Waals surface area contributed by atoms with Crippen molar-refractivity contribution in [3.63, 3.8) is 0 Å². The van der Waals surface area contributed by atoms with E-state index in [2.05, 4.69) is 23.6 Å². The monoisotopic (exact) mass is 207 g/mol. The normalized spacial score (nSPS) is 12.5. The van der Waals surface area contributed by atoms with Crippen LogP contribution >= 0.6 is 0 Å². The molecule has 0 atom stereocenters. The Bertz CT molecular complexity index is 321. The summed E-state index contributed by atoms with van der Waals surface area (Å²) in [6, 6.07) is 2.56. The van der Waals surface area contributed by atoms with Crippen molar-refractivity contribution < 1.29 is 0 Å². The first kappa shape index (κ1) is 12.0. The van der Waals surface area contributed by atoms with Crippen LogP contribution in [0.25, 0.3) is 6.08 Å². The Morgan fingerprint density at radius 2 is 2.20 bits per heavy atom. The predicted octanol–water partition coefficient (Wildman–Crippen LogP) is 2.61. The first-order chi connectivity index (χ1) is 7.21. The second-order valence-electron chi connectivity index (χ2n) is 3.89. The lowest BCUT2D eigenvalue weighted by Gasteiger charge is -2.12. The molecule has 3 nitrogen and oxygen atoms in total. The van der Waals surface area contributed by atoms with Crippen LogP contribution in [0.5, 0.6) is 0 Å². The Balaban J connectivity index is 2.80. The maximum absolute atomic E-state index is 5.54. The van der Waals surface area contributed by atoms with Gasteiger partial charge in [-0.05, 0) is 31.9 Å². The minimum atomic E-state index is 0.519. The van der Waals surface area contributed by atoms with Crippen LogP contribution < -0.4 is 5.73 Å². The van der Waals surface area contributed by atoms with Gasteiger partial charge in [-0.25, -0.2) is 0 Å². The Kier molecular flexibility index (Phi) is 4.56. The van der Waals surface area contributed by atoms with Crippen LogP contribution in [0, 0.1) is 0 Å². The molecule has 1 rings (SSSR count). The van der Waals surface area contributed by atoms with Gasteiger partial charge in [0.05, 0.1) is 11.7 Å². The van der Waals surface area contributed by atoms with E-state index in [4.69, 9.17) is 5.73 Å². The lowest BCUT2D eigenvalue weighted by Crippen LogP contribution is -2.07. The molecule has 0 aliphatic rings. The zero-order valence-electron chi connectivity index (χ0n) is 9.90. The molecule has 0 saturated heterocycles. The fraction of sp³-hybridized carbons (Fsp3) is 0.583. The van der Waals surface area contributed by atoms with E-state index in [0.717, 1.165) is 24.1 Å². The van der Waals surface area contributed by atoms with Gasteiger partial charge in [0.1, 0.15) is 0 Å². The molecule has 3 heteroatoms. The highest BCUT2D eigenvalue weighted by molar-refractivity contribution is 5.47. The molecule has 0 bridgehead atoms. The van der Waals surface area contributed by atoms with Gasteiger partial charge in [-0.3, -0.25) is 4.68 Å². The van der Waals surface area contributed by atoms with Gasteiger partial charge in [0.2, 0.25) is 0 Å². The fourth-order valence-corrected chi connectivity index (χ4v) is 1.61. The third kappa shape index (κ3) is 3.20. The molecule has 0 amide bonds. The molecule has 0 fully saturated rings. The maximum atomic E-state index is 5.54. The molecule has 1 heterocycles. The van der Waals surface area contributed by atoms with Crippen molar-refractivity contribution >= 4 is 6.08 Å². The van der Waals surface area contributed by atoms with Crippen molar-refractivity contribution in [2.45, 2.75) is 39.7 Å². The Hall–Kier alpha value is -1.09. The summed E-state index contributed by atoms with van der Waals surface area (Å²) in [7, 11) is 0. The molecular formula is C12H21N3. The van der Waals surface area contributed by atoms with Crippen molar-refractivity contribution in [3.05, 3.63) is 23.5 Å². The summed E-state index contributed by atoms with van der Waals surface area (Å²) in [5.41, 5.74) is 7.70. The van der Waals surface area contributed by atoms with Gasteiger partial charge in [-0.1, -0.05) is 19.4 Å². The molecule has 0 aromatic carbocycles. The molecule has 84 valence electrons. The number of hydrogen-bond acceptors (Lipinski definition) is 2. The Labute approximate surface area is 92.0 Å². The van der Waals surface area contributed by atoms with E-state index in [1.807, 2.05) is 25.3 Å². The first-order valence-electron chi connectivity index (χ1n) is 5.63. The van der Waals surface area contributed by atoms with Crippen LogP contribution in [0.2, 0.25) is 0 Å². The molecule has 0 radical (unpaired) electrons. The Morgan fingerprint density at radius 3 is 2.73 bits per heavy atom. The maximum Gasteiger partial charge on any atom is 0.0850 e. The van der Waals surface area contributed by atoms with Gasteiger partial charge >= 0.3 is 0 Å². The van der Waals surface area contributed by atoms with Crippen LogP contribution in [0.1, 0.15) is 45.3 Å². The third-order valence-electron chi connectivity index (χ3n) is 2.66.